The summed E-state index contributed by atoms with van der Waals surface area (Å²) in [5, 5.41) is 4.88. The van der Waals surface area contributed by atoms with Gasteiger partial charge in [-0.25, -0.2) is 9.18 Å². The summed E-state index contributed by atoms with van der Waals surface area (Å²) >= 11 is 1.66. The SMILES string of the molecule is CCN(CC(=O)N1CCc2sccc2[C@H]1COc1cccc(F)c1)C(=O)Nc1ccc(C)cc1. The summed E-state index contributed by atoms with van der Waals surface area (Å²) in [6, 6.07) is 14.9. The number of thiophene rings is 1. The van der Waals surface area contributed by atoms with Crippen molar-refractivity contribution in [2.75, 3.05) is 31.6 Å². The molecule has 0 saturated carbocycles. The molecule has 3 amide bonds. The lowest BCUT2D eigenvalue weighted by Crippen LogP contribution is -2.48. The first-order chi connectivity index (χ1) is 16.4. The molecule has 0 saturated heterocycles. The molecule has 6 nitrogen and oxygen atoms in total. The summed E-state index contributed by atoms with van der Waals surface area (Å²) in [6.45, 7) is 4.94. The van der Waals surface area contributed by atoms with Gasteiger partial charge in [-0.15, -0.1) is 11.3 Å². The average molecular weight is 482 g/mol. The largest absolute Gasteiger partial charge is 0.491 e. The number of amides is 3. The minimum atomic E-state index is -0.372. The number of ether oxygens (including phenoxy) is 1. The predicted octanol–water partition coefficient (Wildman–Crippen LogP) is 5.25. The number of likely N-dealkylation sites (N-methyl/N-ethyl adjacent to an activating group) is 1. The number of carbonyl (C=O) groups excluding carboxylic acids is 2. The highest BCUT2D eigenvalue weighted by Gasteiger charge is 2.33. The van der Waals surface area contributed by atoms with E-state index in [4.69, 9.17) is 4.74 Å². The molecule has 4 rings (SSSR count). The van der Waals surface area contributed by atoms with Crippen molar-refractivity contribution in [3.05, 3.63) is 81.8 Å². The number of nitrogens with zero attached hydrogens (tertiary/aromatic N) is 2. The van der Waals surface area contributed by atoms with Gasteiger partial charge in [-0.05, 0) is 61.5 Å². The van der Waals surface area contributed by atoms with Crippen molar-refractivity contribution in [2.24, 2.45) is 0 Å². The predicted molar refractivity (Wildman–Crippen MR) is 132 cm³/mol. The molecule has 0 aliphatic carbocycles. The minimum Gasteiger partial charge on any atom is -0.491 e. The van der Waals surface area contributed by atoms with Gasteiger partial charge in [0.05, 0.1) is 6.04 Å². The van der Waals surface area contributed by atoms with E-state index in [1.807, 2.05) is 49.6 Å². The van der Waals surface area contributed by atoms with Gasteiger partial charge in [-0.2, -0.15) is 0 Å². The van der Waals surface area contributed by atoms with Crippen LogP contribution in [-0.2, 0) is 11.2 Å². The van der Waals surface area contributed by atoms with Crippen molar-refractivity contribution in [1.29, 1.82) is 0 Å². The second kappa shape index (κ2) is 10.7. The van der Waals surface area contributed by atoms with E-state index >= 15 is 0 Å². The zero-order chi connectivity index (χ0) is 24.1. The third-order valence-electron chi connectivity index (χ3n) is 5.92. The van der Waals surface area contributed by atoms with Crippen molar-refractivity contribution >= 4 is 29.0 Å². The molecule has 1 aliphatic heterocycles. The maximum Gasteiger partial charge on any atom is 0.322 e. The first kappa shape index (κ1) is 23.8. The quantitative estimate of drug-likeness (QED) is 0.501. The van der Waals surface area contributed by atoms with Crippen LogP contribution in [0.2, 0.25) is 0 Å². The summed E-state index contributed by atoms with van der Waals surface area (Å²) in [4.78, 5) is 30.7. The van der Waals surface area contributed by atoms with Crippen LogP contribution in [0.5, 0.6) is 5.75 Å². The highest BCUT2D eigenvalue weighted by Crippen LogP contribution is 2.34. The first-order valence-corrected chi connectivity index (χ1v) is 12.2. The molecule has 0 fully saturated rings. The van der Waals surface area contributed by atoms with E-state index < -0.39 is 0 Å². The summed E-state index contributed by atoms with van der Waals surface area (Å²) in [5.74, 6) is -0.100. The summed E-state index contributed by atoms with van der Waals surface area (Å²) in [7, 11) is 0. The van der Waals surface area contributed by atoms with Crippen LogP contribution in [0.3, 0.4) is 0 Å². The molecule has 0 bridgehead atoms. The Kier molecular flexibility index (Phi) is 7.47. The number of benzene rings is 2. The molecule has 1 N–H and O–H groups in total. The Bertz CT molecular complexity index is 1150. The minimum absolute atomic E-state index is 0.0376. The van der Waals surface area contributed by atoms with Crippen LogP contribution in [-0.4, -0.2) is 48.0 Å². The van der Waals surface area contributed by atoms with Crippen LogP contribution in [0.1, 0.15) is 29.0 Å². The van der Waals surface area contributed by atoms with Gasteiger partial charge in [0.25, 0.3) is 0 Å². The van der Waals surface area contributed by atoms with Gasteiger partial charge in [-0.1, -0.05) is 23.8 Å². The fourth-order valence-corrected chi connectivity index (χ4v) is 4.96. The van der Waals surface area contributed by atoms with Crippen LogP contribution in [0.25, 0.3) is 0 Å². The lowest BCUT2D eigenvalue weighted by molar-refractivity contribution is -0.135. The third kappa shape index (κ3) is 5.56. The molecular weight excluding hydrogens is 453 g/mol. The molecule has 2 aromatic carbocycles. The number of carbonyl (C=O) groups is 2. The van der Waals surface area contributed by atoms with Gasteiger partial charge in [0.2, 0.25) is 5.91 Å². The van der Waals surface area contributed by atoms with E-state index in [0.29, 0.717) is 24.5 Å². The maximum atomic E-state index is 13.6. The van der Waals surface area contributed by atoms with Crippen LogP contribution in [0.4, 0.5) is 14.9 Å². The smallest absolute Gasteiger partial charge is 0.322 e. The first-order valence-electron chi connectivity index (χ1n) is 11.3. The van der Waals surface area contributed by atoms with Crippen molar-refractivity contribution < 1.29 is 18.7 Å². The average Bonchev–Trinajstić information content (AvgIpc) is 3.31. The Morgan fingerprint density at radius 1 is 1.21 bits per heavy atom. The summed E-state index contributed by atoms with van der Waals surface area (Å²) < 4.78 is 19.5. The van der Waals surface area contributed by atoms with Crippen LogP contribution in [0, 0.1) is 12.7 Å². The third-order valence-corrected chi connectivity index (χ3v) is 6.91. The van der Waals surface area contributed by atoms with E-state index in [9.17, 15) is 14.0 Å². The number of rotatable bonds is 7. The topological polar surface area (TPSA) is 61.9 Å². The normalized spacial score (nSPS) is 14.9. The van der Waals surface area contributed by atoms with Gasteiger partial charge < -0.3 is 19.9 Å². The number of hydrogen-bond donors (Lipinski definition) is 1. The number of halogens is 1. The van der Waals surface area contributed by atoms with Crippen molar-refractivity contribution in [2.45, 2.75) is 26.3 Å². The summed E-state index contributed by atoms with van der Waals surface area (Å²) in [5.41, 5.74) is 2.84. The molecule has 34 heavy (non-hydrogen) atoms. The fourth-order valence-electron chi connectivity index (χ4n) is 4.03. The lowest BCUT2D eigenvalue weighted by Gasteiger charge is -2.37. The molecule has 2 heterocycles. The molecule has 8 heteroatoms. The van der Waals surface area contributed by atoms with E-state index in [1.54, 1.807) is 28.4 Å². The van der Waals surface area contributed by atoms with Crippen LogP contribution < -0.4 is 10.1 Å². The number of nitrogens with one attached hydrogen (secondary N) is 1. The second-order valence-corrected chi connectivity index (χ2v) is 9.23. The van der Waals surface area contributed by atoms with E-state index in [2.05, 4.69) is 5.32 Å². The number of aryl methyl sites for hydroxylation is 1. The Morgan fingerprint density at radius 3 is 2.74 bits per heavy atom. The molecule has 1 aliphatic rings. The Morgan fingerprint density at radius 2 is 2.00 bits per heavy atom. The van der Waals surface area contributed by atoms with Gasteiger partial charge in [0.15, 0.2) is 0 Å². The summed E-state index contributed by atoms with van der Waals surface area (Å²) in [6.07, 6.45) is 0.761. The zero-order valence-corrected chi connectivity index (χ0v) is 20.1. The molecule has 1 atom stereocenters. The number of hydrogen-bond acceptors (Lipinski definition) is 4. The number of fused-ring (bicyclic) bond motifs is 1. The molecule has 0 unspecified atom stereocenters. The van der Waals surface area contributed by atoms with Gasteiger partial charge in [-0.3, -0.25) is 4.79 Å². The molecule has 0 spiro atoms. The van der Waals surface area contributed by atoms with E-state index in [-0.39, 0.29) is 36.9 Å². The number of anilines is 1. The Labute approximate surface area is 203 Å². The monoisotopic (exact) mass is 481 g/mol. The van der Waals surface area contributed by atoms with Gasteiger partial charge in [0.1, 0.15) is 24.7 Å². The van der Waals surface area contributed by atoms with E-state index in [1.165, 1.54) is 21.9 Å². The highest BCUT2D eigenvalue weighted by atomic mass is 32.1. The van der Waals surface area contributed by atoms with Crippen LogP contribution in [0.15, 0.2) is 60.0 Å². The second-order valence-electron chi connectivity index (χ2n) is 8.23. The van der Waals surface area contributed by atoms with Gasteiger partial charge >= 0.3 is 6.03 Å². The van der Waals surface area contributed by atoms with Crippen LogP contribution >= 0.6 is 11.3 Å². The molecule has 3 aromatic rings. The maximum absolute atomic E-state index is 13.6. The van der Waals surface area contributed by atoms with E-state index in [0.717, 1.165) is 17.5 Å². The fraction of sp³-hybridized carbons (Fsp3) is 0.308. The Hall–Kier alpha value is -3.39. The van der Waals surface area contributed by atoms with Crippen molar-refractivity contribution in [1.82, 2.24) is 9.80 Å². The van der Waals surface area contributed by atoms with Crippen molar-refractivity contribution in [3.8, 4) is 5.75 Å². The van der Waals surface area contributed by atoms with Gasteiger partial charge in [0, 0.05) is 29.7 Å². The molecule has 1 aromatic heterocycles. The Balaban J connectivity index is 1.45. The molecule has 178 valence electrons. The zero-order valence-electron chi connectivity index (χ0n) is 19.3. The molecule has 0 radical (unpaired) electrons. The number of urea groups is 1. The molecular formula is C26H28FN3O3S. The van der Waals surface area contributed by atoms with Crippen molar-refractivity contribution in [3.63, 3.8) is 0 Å². The lowest BCUT2D eigenvalue weighted by atomic mass is 10.0. The highest BCUT2D eigenvalue weighted by molar-refractivity contribution is 7.10. The standard InChI is InChI=1S/C26H28FN3O3S/c1-3-29(26(32)28-20-9-7-18(2)8-10-20)16-25(31)30-13-11-24-22(12-14-34-24)23(30)17-33-21-6-4-5-19(27)15-21/h4-10,12,14-15,23H,3,11,13,16-17H2,1-2H3,(H,28,32)/t23-/m1/s1.